The van der Waals surface area contributed by atoms with Crippen LogP contribution in [0.2, 0.25) is 0 Å². The van der Waals surface area contributed by atoms with Crippen molar-refractivity contribution in [2.75, 3.05) is 13.1 Å². The van der Waals surface area contributed by atoms with Crippen LogP contribution in [0, 0.1) is 6.92 Å². The second kappa shape index (κ2) is 5.50. The summed E-state index contributed by atoms with van der Waals surface area (Å²) in [7, 11) is 0. The van der Waals surface area contributed by atoms with Crippen molar-refractivity contribution in [3.8, 4) is 0 Å². The molecular formula is C20H21NO2. The smallest absolute Gasteiger partial charge is 0.339 e. The van der Waals surface area contributed by atoms with Crippen LogP contribution in [0.3, 0.4) is 0 Å². The molecule has 1 N–H and O–H groups in total. The second-order valence-corrected chi connectivity index (χ2v) is 6.64. The van der Waals surface area contributed by atoms with Crippen LogP contribution in [-0.4, -0.2) is 24.7 Å². The molecule has 0 radical (unpaired) electrons. The molecule has 3 heteroatoms. The van der Waals surface area contributed by atoms with E-state index in [0.717, 1.165) is 31.5 Å². The van der Waals surface area contributed by atoms with E-state index < -0.39 is 5.60 Å². The Kier molecular flexibility index (Phi) is 3.46. The van der Waals surface area contributed by atoms with Crippen LogP contribution in [-0.2, 0) is 4.74 Å². The van der Waals surface area contributed by atoms with Gasteiger partial charge in [-0.3, -0.25) is 0 Å². The summed E-state index contributed by atoms with van der Waals surface area (Å²) in [6.07, 6.45) is 1.71. The van der Waals surface area contributed by atoms with E-state index in [1.165, 1.54) is 11.1 Å². The van der Waals surface area contributed by atoms with E-state index in [0.29, 0.717) is 5.56 Å². The third-order valence-corrected chi connectivity index (χ3v) is 5.14. The molecule has 1 saturated heterocycles. The summed E-state index contributed by atoms with van der Waals surface area (Å²) < 4.78 is 6.07. The number of hydrogen-bond acceptors (Lipinski definition) is 3. The molecule has 1 fully saturated rings. The lowest BCUT2D eigenvalue weighted by molar-refractivity contribution is -0.0499. The van der Waals surface area contributed by atoms with Crippen molar-refractivity contribution in [1.82, 2.24) is 5.32 Å². The van der Waals surface area contributed by atoms with Crippen LogP contribution in [0.25, 0.3) is 0 Å². The lowest BCUT2D eigenvalue weighted by Gasteiger charge is -2.46. The fraction of sp³-hybridized carbons (Fsp3) is 0.350. The van der Waals surface area contributed by atoms with Crippen molar-refractivity contribution in [3.05, 3.63) is 70.8 Å². The number of rotatable bonds is 1. The van der Waals surface area contributed by atoms with E-state index in [4.69, 9.17) is 4.74 Å². The van der Waals surface area contributed by atoms with E-state index >= 15 is 0 Å². The fourth-order valence-corrected chi connectivity index (χ4v) is 4.06. The lowest BCUT2D eigenvalue weighted by atomic mass is 9.69. The number of esters is 1. The topological polar surface area (TPSA) is 38.3 Å². The van der Waals surface area contributed by atoms with Crippen LogP contribution in [0.15, 0.2) is 48.5 Å². The van der Waals surface area contributed by atoms with Crippen LogP contribution >= 0.6 is 0 Å². The first-order chi connectivity index (χ1) is 11.2. The lowest BCUT2D eigenvalue weighted by Crippen LogP contribution is -2.52. The van der Waals surface area contributed by atoms with Gasteiger partial charge < -0.3 is 10.1 Å². The van der Waals surface area contributed by atoms with Gasteiger partial charge in [0.25, 0.3) is 0 Å². The minimum Gasteiger partial charge on any atom is -0.454 e. The predicted octanol–water partition coefficient (Wildman–Crippen LogP) is 3.42. The summed E-state index contributed by atoms with van der Waals surface area (Å²) >= 11 is 0. The van der Waals surface area contributed by atoms with Gasteiger partial charge in [-0.25, -0.2) is 4.79 Å². The molecule has 4 rings (SSSR count). The van der Waals surface area contributed by atoms with Gasteiger partial charge in [-0.2, -0.15) is 0 Å². The van der Waals surface area contributed by atoms with Gasteiger partial charge in [-0.05, 0) is 37.2 Å². The molecule has 0 aliphatic carbocycles. The average molecular weight is 307 g/mol. The van der Waals surface area contributed by atoms with E-state index in [2.05, 4.69) is 42.6 Å². The SMILES string of the molecule is Cc1ccc2c(c1)C(c1ccccc1)C1(CCNCC1)OC2=O. The zero-order valence-electron chi connectivity index (χ0n) is 13.3. The van der Waals surface area contributed by atoms with E-state index in [1.54, 1.807) is 0 Å². The highest BCUT2D eigenvalue weighted by Crippen LogP contribution is 2.47. The Morgan fingerprint density at radius 1 is 1.09 bits per heavy atom. The minimum atomic E-state index is -0.426. The van der Waals surface area contributed by atoms with Crippen molar-refractivity contribution in [1.29, 1.82) is 0 Å². The standard InChI is InChI=1S/C20H21NO2/c1-14-7-8-16-17(13-14)18(15-5-3-2-4-6-15)20(23-19(16)22)9-11-21-12-10-20/h2-8,13,18,21H,9-12H2,1H3. The molecule has 2 aromatic rings. The molecule has 0 aromatic heterocycles. The minimum absolute atomic E-state index is 0.110. The Balaban J connectivity index is 1.93. The number of ether oxygens (including phenoxy) is 1. The molecule has 2 aliphatic rings. The molecule has 2 aromatic carbocycles. The van der Waals surface area contributed by atoms with Crippen molar-refractivity contribution < 1.29 is 9.53 Å². The van der Waals surface area contributed by atoms with Crippen LogP contribution < -0.4 is 5.32 Å². The number of hydrogen-bond donors (Lipinski definition) is 1. The van der Waals surface area contributed by atoms with Crippen LogP contribution in [0.1, 0.15) is 45.8 Å². The Morgan fingerprint density at radius 3 is 2.57 bits per heavy atom. The Morgan fingerprint density at radius 2 is 1.83 bits per heavy atom. The Bertz CT molecular complexity index is 733. The second-order valence-electron chi connectivity index (χ2n) is 6.64. The largest absolute Gasteiger partial charge is 0.454 e. The Hall–Kier alpha value is -2.13. The molecule has 23 heavy (non-hydrogen) atoms. The average Bonchev–Trinajstić information content (AvgIpc) is 2.56. The first kappa shape index (κ1) is 14.5. The number of carbonyl (C=O) groups excluding carboxylic acids is 1. The summed E-state index contributed by atoms with van der Waals surface area (Å²) in [4.78, 5) is 12.6. The molecule has 0 saturated carbocycles. The maximum absolute atomic E-state index is 12.6. The molecule has 118 valence electrons. The summed E-state index contributed by atoms with van der Waals surface area (Å²) in [6, 6.07) is 16.5. The van der Waals surface area contributed by atoms with Gasteiger partial charge in [0.2, 0.25) is 0 Å². The number of benzene rings is 2. The molecule has 1 atom stereocenters. The number of carbonyl (C=O) groups is 1. The van der Waals surface area contributed by atoms with Gasteiger partial charge in [0.1, 0.15) is 5.60 Å². The first-order valence-electron chi connectivity index (χ1n) is 8.29. The van der Waals surface area contributed by atoms with Gasteiger partial charge in [0.15, 0.2) is 0 Å². The van der Waals surface area contributed by atoms with Gasteiger partial charge in [-0.1, -0.05) is 48.0 Å². The number of aryl methyl sites for hydroxylation is 1. The summed E-state index contributed by atoms with van der Waals surface area (Å²) in [5, 5.41) is 3.39. The predicted molar refractivity (Wildman–Crippen MR) is 89.7 cm³/mol. The fourth-order valence-electron chi connectivity index (χ4n) is 4.06. The molecule has 0 bridgehead atoms. The molecule has 0 amide bonds. The van der Waals surface area contributed by atoms with E-state index in [9.17, 15) is 4.79 Å². The molecule has 1 spiro atoms. The van der Waals surface area contributed by atoms with Gasteiger partial charge in [0, 0.05) is 18.8 Å². The summed E-state index contributed by atoms with van der Waals surface area (Å²) in [5.41, 5.74) is 3.82. The van der Waals surface area contributed by atoms with Crippen molar-refractivity contribution >= 4 is 5.97 Å². The van der Waals surface area contributed by atoms with E-state index in [-0.39, 0.29) is 11.9 Å². The zero-order valence-corrected chi connectivity index (χ0v) is 13.3. The molecule has 2 heterocycles. The summed E-state index contributed by atoms with van der Waals surface area (Å²) in [5.74, 6) is -0.0625. The third-order valence-electron chi connectivity index (χ3n) is 5.14. The van der Waals surface area contributed by atoms with Crippen LogP contribution in [0.5, 0.6) is 0 Å². The summed E-state index contributed by atoms with van der Waals surface area (Å²) in [6.45, 7) is 3.85. The molecule has 3 nitrogen and oxygen atoms in total. The number of nitrogens with one attached hydrogen (secondary N) is 1. The molecular weight excluding hydrogens is 286 g/mol. The highest BCUT2D eigenvalue weighted by atomic mass is 16.6. The van der Waals surface area contributed by atoms with Crippen molar-refractivity contribution in [3.63, 3.8) is 0 Å². The first-order valence-corrected chi connectivity index (χ1v) is 8.29. The number of piperidine rings is 1. The Labute approximate surface area is 136 Å². The maximum Gasteiger partial charge on any atom is 0.339 e. The highest BCUT2D eigenvalue weighted by molar-refractivity contribution is 5.93. The maximum atomic E-state index is 12.6. The van der Waals surface area contributed by atoms with Gasteiger partial charge in [-0.15, -0.1) is 0 Å². The highest BCUT2D eigenvalue weighted by Gasteiger charge is 2.49. The zero-order chi connectivity index (χ0) is 15.9. The van der Waals surface area contributed by atoms with Gasteiger partial charge in [0.05, 0.1) is 5.56 Å². The van der Waals surface area contributed by atoms with Crippen LogP contribution in [0.4, 0.5) is 0 Å². The quantitative estimate of drug-likeness (QED) is 0.820. The normalized spacial score (nSPS) is 22.5. The molecule has 1 unspecified atom stereocenters. The van der Waals surface area contributed by atoms with Gasteiger partial charge >= 0.3 is 5.97 Å². The number of fused-ring (bicyclic) bond motifs is 1. The van der Waals surface area contributed by atoms with E-state index in [1.807, 2.05) is 18.2 Å². The molecule has 2 aliphatic heterocycles. The monoisotopic (exact) mass is 307 g/mol. The van der Waals surface area contributed by atoms with Crippen molar-refractivity contribution in [2.24, 2.45) is 0 Å². The van der Waals surface area contributed by atoms with Crippen molar-refractivity contribution in [2.45, 2.75) is 31.3 Å². The third kappa shape index (κ3) is 2.36.